The van der Waals surface area contributed by atoms with E-state index in [2.05, 4.69) is 32.2 Å². The van der Waals surface area contributed by atoms with Gasteiger partial charge in [0.05, 0.1) is 6.42 Å². The number of aromatic nitrogens is 3. The van der Waals surface area contributed by atoms with E-state index < -0.39 is 24.9 Å². The molecular weight excluding hydrogens is 585 g/mol. The second-order valence-electron chi connectivity index (χ2n) is 12.1. The topological polar surface area (TPSA) is 89.3 Å². The molecule has 5 heterocycles. The number of halogens is 3. The molecule has 0 aliphatic carbocycles. The molecule has 1 N–H and O–H groups in total. The highest BCUT2D eigenvalue weighted by molar-refractivity contribution is 5.94. The molecule has 1 aromatic carbocycles. The number of rotatable bonds is 7. The van der Waals surface area contributed by atoms with E-state index >= 15 is 0 Å². The molecule has 0 radical (unpaired) electrons. The van der Waals surface area contributed by atoms with Gasteiger partial charge in [-0.2, -0.15) is 18.2 Å². The number of pyridine rings is 1. The fourth-order valence-corrected chi connectivity index (χ4v) is 6.39. The molecule has 3 aromatic rings. The first-order chi connectivity index (χ1) is 21.6. The maximum atomic E-state index is 13.2. The van der Waals surface area contributed by atoms with Crippen molar-refractivity contribution in [3.05, 3.63) is 59.8 Å². The van der Waals surface area contributed by atoms with Crippen molar-refractivity contribution in [2.75, 3.05) is 64.7 Å². The highest BCUT2D eigenvalue weighted by atomic mass is 19.4. The zero-order valence-corrected chi connectivity index (χ0v) is 25.5. The number of benzene rings is 1. The smallest absolute Gasteiger partial charge is 0.339 e. The second kappa shape index (κ2) is 13.2. The second-order valence-corrected chi connectivity index (χ2v) is 12.1. The van der Waals surface area contributed by atoms with Crippen LogP contribution in [0, 0.1) is 0 Å². The number of nitrogens with zero attached hydrogens (tertiary/aromatic N) is 7. The van der Waals surface area contributed by atoms with Crippen molar-refractivity contribution in [3.63, 3.8) is 0 Å². The molecule has 2 fully saturated rings. The number of amides is 2. The maximum absolute atomic E-state index is 13.2. The number of likely N-dealkylation sites (tertiary alicyclic amines) is 1. The van der Waals surface area contributed by atoms with Gasteiger partial charge in [-0.05, 0) is 68.3 Å². The maximum Gasteiger partial charge on any atom is 0.389 e. The summed E-state index contributed by atoms with van der Waals surface area (Å²) in [7, 11) is 2.16. The lowest BCUT2D eigenvalue weighted by atomic mass is 10.00. The number of hydrogen-bond acceptors (Lipinski definition) is 7. The molecule has 6 rings (SSSR count). The van der Waals surface area contributed by atoms with Crippen LogP contribution in [0.4, 0.5) is 24.8 Å². The number of nitrogens with one attached hydrogen (secondary N) is 1. The van der Waals surface area contributed by atoms with Crippen molar-refractivity contribution in [3.8, 4) is 0 Å². The van der Waals surface area contributed by atoms with Gasteiger partial charge in [0.15, 0.2) is 5.65 Å². The fraction of sp³-hybridized carbons (Fsp3) is 0.500. The summed E-state index contributed by atoms with van der Waals surface area (Å²) >= 11 is 0. The van der Waals surface area contributed by atoms with E-state index in [1.807, 2.05) is 47.4 Å². The molecule has 0 saturated carbocycles. The van der Waals surface area contributed by atoms with Gasteiger partial charge >= 0.3 is 6.18 Å². The average Bonchev–Trinajstić information content (AvgIpc) is 3.46. The van der Waals surface area contributed by atoms with Crippen molar-refractivity contribution in [1.82, 2.24) is 34.2 Å². The Bertz CT molecular complexity index is 1540. The standard InChI is InChI=1S/C32H39F3N8O2/c1-39-19-21-40(22-20-39)26-11-17-42(18-12-26)30(45)24-4-6-25(7-5-24)36-31-37-29-27(3-2-14-43(29)38-31)23-9-15-41(16-10-23)28(44)8-13-32(33,34)35/h2-7,9,14,26H,8,10-13,15-22H2,1H3,(H,36,38). The van der Waals surface area contributed by atoms with Crippen molar-refractivity contribution in [2.45, 2.75) is 44.3 Å². The van der Waals surface area contributed by atoms with Crippen LogP contribution in [0.2, 0.25) is 0 Å². The van der Waals surface area contributed by atoms with Crippen LogP contribution in [-0.2, 0) is 4.79 Å². The van der Waals surface area contributed by atoms with Crippen LogP contribution in [0.25, 0.3) is 11.2 Å². The SMILES string of the molecule is CN1CCN(C2CCN(C(=O)c3ccc(Nc4nc5c(C6=CCN(C(=O)CCC(F)(F)F)CC6)cccn5n4)cc3)CC2)CC1. The van der Waals surface area contributed by atoms with Gasteiger partial charge in [0, 0.05) is 87.8 Å². The minimum atomic E-state index is -4.34. The Labute approximate surface area is 260 Å². The monoisotopic (exact) mass is 624 g/mol. The number of hydrogen-bond donors (Lipinski definition) is 1. The van der Waals surface area contributed by atoms with E-state index in [9.17, 15) is 22.8 Å². The quantitative estimate of drug-likeness (QED) is 0.420. The van der Waals surface area contributed by atoms with Gasteiger partial charge in [0.25, 0.3) is 5.91 Å². The summed E-state index contributed by atoms with van der Waals surface area (Å²) in [6.07, 6.45) is 0.200. The van der Waals surface area contributed by atoms with E-state index in [0.29, 0.717) is 36.2 Å². The third kappa shape index (κ3) is 7.47. The highest BCUT2D eigenvalue weighted by Crippen LogP contribution is 2.28. The lowest BCUT2D eigenvalue weighted by molar-refractivity contribution is -0.148. The van der Waals surface area contributed by atoms with Gasteiger partial charge in [0.1, 0.15) is 0 Å². The molecule has 3 aliphatic heterocycles. The van der Waals surface area contributed by atoms with Gasteiger partial charge in [-0.15, -0.1) is 5.10 Å². The molecule has 3 aliphatic rings. The van der Waals surface area contributed by atoms with Gasteiger partial charge in [-0.3, -0.25) is 14.5 Å². The van der Waals surface area contributed by atoms with Crippen molar-refractivity contribution >= 4 is 34.7 Å². The zero-order valence-electron chi connectivity index (χ0n) is 25.5. The van der Waals surface area contributed by atoms with Crippen LogP contribution in [0.15, 0.2) is 48.7 Å². The van der Waals surface area contributed by atoms with E-state index in [1.54, 1.807) is 10.7 Å². The fourth-order valence-electron chi connectivity index (χ4n) is 6.39. The van der Waals surface area contributed by atoms with Crippen molar-refractivity contribution in [2.24, 2.45) is 0 Å². The first kappa shape index (κ1) is 31.0. The van der Waals surface area contributed by atoms with E-state index in [0.717, 1.165) is 68.9 Å². The van der Waals surface area contributed by atoms with E-state index in [4.69, 9.17) is 0 Å². The molecular formula is C32H39F3N8O2. The van der Waals surface area contributed by atoms with Crippen LogP contribution in [0.1, 0.15) is 48.0 Å². The largest absolute Gasteiger partial charge is 0.389 e. The summed E-state index contributed by atoms with van der Waals surface area (Å²) in [5, 5.41) is 7.77. The van der Waals surface area contributed by atoms with Crippen LogP contribution in [0.3, 0.4) is 0 Å². The number of likely N-dealkylation sites (N-methyl/N-ethyl adjacent to an activating group) is 1. The molecule has 0 atom stereocenters. The van der Waals surface area contributed by atoms with Crippen LogP contribution in [-0.4, -0.2) is 118 Å². The average molecular weight is 625 g/mol. The summed E-state index contributed by atoms with van der Waals surface area (Å²) in [6.45, 7) is 6.55. The number of piperidine rings is 1. The van der Waals surface area contributed by atoms with Crippen LogP contribution in [0.5, 0.6) is 0 Å². The predicted molar refractivity (Wildman–Crippen MR) is 165 cm³/mol. The minimum Gasteiger partial charge on any atom is -0.339 e. The number of carbonyl (C=O) groups is 2. The minimum absolute atomic E-state index is 0.0512. The summed E-state index contributed by atoms with van der Waals surface area (Å²) in [4.78, 5) is 38.5. The molecule has 240 valence electrons. The Kier molecular flexibility index (Phi) is 9.09. The number of piperazine rings is 1. The first-order valence-corrected chi connectivity index (χ1v) is 15.6. The molecule has 0 spiro atoms. The Balaban J connectivity index is 1.05. The third-order valence-electron chi connectivity index (χ3n) is 9.09. The number of alkyl halides is 3. The predicted octanol–water partition coefficient (Wildman–Crippen LogP) is 4.28. The Morgan fingerprint density at radius 2 is 1.69 bits per heavy atom. The molecule has 13 heteroatoms. The Morgan fingerprint density at radius 1 is 0.956 bits per heavy atom. The van der Waals surface area contributed by atoms with Crippen LogP contribution >= 0.6 is 0 Å². The molecule has 45 heavy (non-hydrogen) atoms. The summed E-state index contributed by atoms with van der Waals surface area (Å²) in [5.41, 5.74) is 3.86. The molecule has 2 amide bonds. The highest BCUT2D eigenvalue weighted by Gasteiger charge is 2.30. The van der Waals surface area contributed by atoms with Crippen LogP contribution < -0.4 is 5.32 Å². The molecule has 2 saturated heterocycles. The Hall–Kier alpha value is -3.97. The third-order valence-corrected chi connectivity index (χ3v) is 9.09. The number of anilines is 2. The van der Waals surface area contributed by atoms with Crippen molar-refractivity contribution in [1.29, 1.82) is 0 Å². The molecule has 0 bridgehead atoms. The lowest BCUT2D eigenvalue weighted by Crippen LogP contribution is -2.52. The van der Waals surface area contributed by atoms with Gasteiger partial charge in [-0.25, -0.2) is 4.52 Å². The zero-order chi connectivity index (χ0) is 31.6. The van der Waals surface area contributed by atoms with E-state index in [-0.39, 0.29) is 12.5 Å². The van der Waals surface area contributed by atoms with Crippen molar-refractivity contribution < 1.29 is 22.8 Å². The van der Waals surface area contributed by atoms with Gasteiger partial charge < -0.3 is 20.0 Å². The molecule has 2 aromatic heterocycles. The summed E-state index contributed by atoms with van der Waals surface area (Å²) in [6, 6.07) is 11.7. The number of carbonyl (C=O) groups excluding carboxylic acids is 2. The summed E-state index contributed by atoms with van der Waals surface area (Å²) < 4.78 is 39.2. The molecule has 10 nitrogen and oxygen atoms in total. The summed E-state index contributed by atoms with van der Waals surface area (Å²) in [5.74, 6) is -0.0450. The normalized spacial score (nSPS) is 19.2. The van der Waals surface area contributed by atoms with Gasteiger partial charge in [0.2, 0.25) is 11.9 Å². The number of fused-ring (bicyclic) bond motifs is 1. The lowest BCUT2D eigenvalue weighted by Gasteiger charge is -2.42. The van der Waals surface area contributed by atoms with Gasteiger partial charge in [-0.1, -0.05) is 6.08 Å². The Morgan fingerprint density at radius 3 is 2.36 bits per heavy atom. The first-order valence-electron chi connectivity index (χ1n) is 15.6. The molecule has 0 unspecified atom stereocenters. The van der Waals surface area contributed by atoms with E-state index in [1.165, 1.54) is 4.90 Å².